The highest BCUT2D eigenvalue weighted by Crippen LogP contribution is 2.16. The molecule has 1 rings (SSSR count). The first-order valence-electron chi connectivity index (χ1n) is 5.93. The number of allylic oxidation sites excluding steroid dienone is 1. The molecule has 18 heavy (non-hydrogen) atoms. The van der Waals surface area contributed by atoms with Gasteiger partial charge in [0.15, 0.2) is 0 Å². The van der Waals surface area contributed by atoms with Crippen molar-refractivity contribution in [1.29, 1.82) is 0 Å². The van der Waals surface area contributed by atoms with Crippen molar-refractivity contribution in [3.8, 4) is 5.75 Å². The second-order valence-corrected chi connectivity index (χ2v) is 4.61. The summed E-state index contributed by atoms with van der Waals surface area (Å²) in [7, 11) is 0. The summed E-state index contributed by atoms with van der Waals surface area (Å²) in [4.78, 5) is 11.5. The number of rotatable bonds is 4. The van der Waals surface area contributed by atoms with Gasteiger partial charge in [0, 0.05) is 11.2 Å². The molecule has 0 radical (unpaired) electrons. The van der Waals surface area contributed by atoms with E-state index >= 15 is 0 Å². The minimum atomic E-state index is -0.535. The van der Waals surface area contributed by atoms with Gasteiger partial charge in [0.1, 0.15) is 5.75 Å². The Bertz CT molecular complexity index is 455. The Labute approximate surface area is 113 Å². The van der Waals surface area contributed by atoms with E-state index in [1.807, 2.05) is 32.9 Å². The van der Waals surface area contributed by atoms with Gasteiger partial charge in [-0.1, -0.05) is 31.0 Å². The number of carbonyl (C=O) groups is 1. The summed E-state index contributed by atoms with van der Waals surface area (Å²) in [5.41, 5.74) is 2.24. The summed E-state index contributed by atoms with van der Waals surface area (Å²) in [6, 6.07) is 5.50. The summed E-state index contributed by atoms with van der Waals surface area (Å²) in [5, 5.41) is 3.10. The Morgan fingerprint density at radius 2 is 2.11 bits per heavy atom. The van der Waals surface area contributed by atoms with Crippen LogP contribution in [0.5, 0.6) is 5.75 Å². The molecule has 0 aromatic heterocycles. The van der Waals surface area contributed by atoms with Crippen molar-refractivity contribution in [3.05, 3.63) is 40.6 Å². The van der Waals surface area contributed by atoms with Crippen LogP contribution in [0.3, 0.4) is 0 Å². The van der Waals surface area contributed by atoms with Crippen molar-refractivity contribution >= 4 is 17.7 Å². The van der Waals surface area contributed by atoms with Crippen LogP contribution in [0.2, 0.25) is 0 Å². The molecule has 1 N–H and O–H groups in total. The Morgan fingerprint density at radius 1 is 1.39 bits per heavy atom. The summed E-state index contributed by atoms with van der Waals surface area (Å²) in [6.07, 6.45) is 2.61. The second-order valence-electron chi connectivity index (χ2n) is 4.12. The van der Waals surface area contributed by atoms with E-state index in [-0.39, 0.29) is 0 Å². The quantitative estimate of drug-likeness (QED) is 0.885. The van der Waals surface area contributed by atoms with Crippen LogP contribution in [0.15, 0.2) is 29.4 Å². The van der Waals surface area contributed by atoms with Gasteiger partial charge < -0.3 is 4.74 Å². The maximum absolute atomic E-state index is 11.5. The molecule has 1 aromatic carbocycles. The normalized spacial score (nSPS) is 11.2. The molecule has 0 saturated heterocycles. The van der Waals surface area contributed by atoms with Gasteiger partial charge in [0.25, 0.3) is 0 Å². The van der Waals surface area contributed by atoms with E-state index in [2.05, 4.69) is 5.32 Å². The van der Waals surface area contributed by atoms with E-state index in [1.54, 1.807) is 6.07 Å². The van der Waals surface area contributed by atoms with Crippen LogP contribution in [0, 0.1) is 13.8 Å². The minimum absolute atomic E-state index is 0.524. The topological polar surface area (TPSA) is 38.3 Å². The summed E-state index contributed by atoms with van der Waals surface area (Å²) in [5.74, 6) is 0.524. The number of ether oxygens (including phenoxy) is 1. The van der Waals surface area contributed by atoms with Crippen LogP contribution in [0.1, 0.15) is 30.9 Å². The Balaban J connectivity index is 2.54. The van der Waals surface area contributed by atoms with E-state index in [0.717, 1.165) is 24.0 Å². The maximum Gasteiger partial charge on any atom is 0.416 e. The average molecular weight is 268 g/mol. The lowest BCUT2D eigenvalue weighted by atomic mass is 10.1. The zero-order valence-corrected chi connectivity index (χ0v) is 11.7. The van der Waals surface area contributed by atoms with Crippen molar-refractivity contribution < 1.29 is 9.53 Å². The summed E-state index contributed by atoms with van der Waals surface area (Å²) < 4.78 is 5.13. The zero-order valence-electron chi connectivity index (χ0n) is 10.9. The number of aryl methyl sites for hydroxylation is 2. The van der Waals surface area contributed by atoms with Crippen molar-refractivity contribution in [2.24, 2.45) is 0 Å². The number of halogens is 1. The molecule has 0 spiro atoms. The number of carbonyl (C=O) groups excluding carboxylic acids is 1. The van der Waals surface area contributed by atoms with Gasteiger partial charge >= 0.3 is 6.09 Å². The third-order valence-electron chi connectivity index (χ3n) is 2.52. The van der Waals surface area contributed by atoms with Crippen LogP contribution in [0.25, 0.3) is 0 Å². The summed E-state index contributed by atoms with van der Waals surface area (Å²) >= 11 is 5.86. The largest absolute Gasteiger partial charge is 0.416 e. The first-order chi connectivity index (χ1) is 8.52. The highest BCUT2D eigenvalue weighted by Gasteiger charge is 2.03. The molecule has 98 valence electrons. The molecule has 0 fully saturated rings. The Hall–Kier alpha value is -1.48. The van der Waals surface area contributed by atoms with Gasteiger partial charge in [-0.25, -0.2) is 4.79 Å². The molecule has 3 nitrogen and oxygen atoms in total. The molecular weight excluding hydrogens is 250 g/mol. The van der Waals surface area contributed by atoms with Crippen molar-refractivity contribution in [2.75, 3.05) is 0 Å². The number of hydrogen-bond donors (Lipinski definition) is 1. The number of benzene rings is 1. The van der Waals surface area contributed by atoms with Gasteiger partial charge in [-0.15, -0.1) is 0 Å². The van der Waals surface area contributed by atoms with Gasteiger partial charge in [0.05, 0.1) is 0 Å². The lowest BCUT2D eigenvalue weighted by Crippen LogP contribution is -2.21. The first-order valence-corrected chi connectivity index (χ1v) is 6.31. The van der Waals surface area contributed by atoms with E-state index < -0.39 is 6.09 Å². The monoisotopic (exact) mass is 267 g/mol. The molecule has 0 aliphatic heterocycles. The van der Waals surface area contributed by atoms with Crippen molar-refractivity contribution in [3.63, 3.8) is 0 Å². The van der Waals surface area contributed by atoms with E-state index in [1.165, 1.54) is 6.20 Å². The Morgan fingerprint density at radius 3 is 2.72 bits per heavy atom. The van der Waals surface area contributed by atoms with Gasteiger partial charge in [0.2, 0.25) is 0 Å². The predicted octanol–water partition coefficient (Wildman–Crippen LogP) is 4.27. The fraction of sp³-hybridized carbons (Fsp3) is 0.357. The van der Waals surface area contributed by atoms with Gasteiger partial charge in [-0.2, -0.15) is 0 Å². The molecule has 0 heterocycles. The predicted molar refractivity (Wildman–Crippen MR) is 73.9 cm³/mol. The average Bonchev–Trinajstić information content (AvgIpc) is 2.32. The lowest BCUT2D eigenvalue weighted by molar-refractivity contribution is 0.204. The minimum Gasteiger partial charge on any atom is -0.410 e. The SMILES string of the molecule is CCCC(Cl)=CNC(=O)Oc1ccc(C)c(C)c1. The molecule has 4 heteroatoms. The fourth-order valence-corrected chi connectivity index (χ4v) is 1.61. The maximum atomic E-state index is 11.5. The van der Waals surface area contributed by atoms with Crippen LogP contribution < -0.4 is 10.1 Å². The molecule has 1 amide bonds. The number of hydrogen-bond acceptors (Lipinski definition) is 2. The highest BCUT2D eigenvalue weighted by molar-refractivity contribution is 6.29. The first kappa shape index (κ1) is 14.6. The molecule has 0 saturated carbocycles. The third kappa shape index (κ3) is 4.80. The van der Waals surface area contributed by atoms with E-state index in [0.29, 0.717) is 10.8 Å². The van der Waals surface area contributed by atoms with E-state index in [9.17, 15) is 4.79 Å². The van der Waals surface area contributed by atoms with Crippen LogP contribution >= 0.6 is 11.6 Å². The van der Waals surface area contributed by atoms with Crippen LogP contribution in [-0.4, -0.2) is 6.09 Å². The number of amides is 1. The molecule has 0 bridgehead atoms. The van der Waals surface area contributed by atoms with Gasteiger partial charge in [-0.05, 0) is 43.5 Å². The third-order valence-corrected chi connectivity index (χ3v) is 2.82. The Kier molecular flexibility index (Phi) is 5.72. The lowest BCUT2D eigenvalue weighted by Gasteiger charge is -2.06. The van der Waals surface area contributed by atoms with Gasteiger partial charge in [-0.3, -0.25) is 5.32 Å². The molecular formula is C14H18ClNO2. The molecule has 0 aliphatic carbocycles. The fourth-order valence-electron chi connectivity index (χ4n) is 1.36. The van der Waals surface area contributed by atoms with Crippen LogP contribution in [-0.2, 0) is 0 Å². The van der Waals surface area contributed by atoms with Crippen molar-refractivity contribution in [2.45, 2.75) is 33.6 Å². The molecule has 0 atom stereocenters. The van der Waals surface area contributed by atoms with Crippen molar-refractivity contribution in [1.82, 2.24) is 5.32 Å². The zero-order chi connectivity index (χ0) is 13.5. The highest BCUT2D eigenvalue weighted by atomic mass is 35.5. The molecule has 1 aromatic rings. The second kappa shape index (κ2) is 7.07. The number of nitrogens with one attached hydrogen (secondary N) is 1. The smallest absolute Gasteiger partial charge is 0.410 e. The van der Waals surface area contributed by atoms with Crippen LogP contribution in [0.4, 0.5) is 4.79 Å². The summed E-state index contributed by atoms with van der Waals surface area (Å²) in [6.45, 7) is 5.99. The molecule has 0 unspecified atom stereocenters. The van der Waals surface area contributed by atoms with E-state index in [4.69, 9.17) is 16.3 Å². The standard InChI is InChI=1S/C14H18ClNO2/c1-4-5-12(15)9-16-14(17)18-13-7-6-10(2)11(3)8-13/h6-9H,4-5H2,1-3H3,(H,16,17). The molecule has 0 aliphatic rings.